The van der Waals surface area contributed by atoms with Gasteiger partial charge in [-0.25, -0.2) is 4.39 Å². The van der Waals surface area contributed by atoms with E-state index >= 15 is 0 Å². The SMILES string of the molecule is Cc1cc(C(=O)NCc2c(C)ncc3c2CCNC3)c2ccc(F)cc2n1. The minimum Gasteiger partial charge on any atom is -0.348 e. The molecule has 1 aliphatic rings. The van der Waals surface area contributed by atoms with Crippen molar-refractivity contribution in [2.45, 2.75) is 33.4 Å². The number of pyridine rings is 2. The lowest BCUT2D eigenvalue weighted by molar-refractivity contribution is 0.0952. The standard InChI is InChI=1S/C21H21FN4O/c1-12-7-18(17-4-3-15(22)8-20(17)26-12)21(27)25-11-19-13(2)24-10-14-9-23-6-5-16(14)19/h3-4,7-8,10,23H,5-6,9,11H2,1-2H3,(H,25,27). The van der Waals surface area contributed by atoms with Crippen LogP contribution in [-0.2, 0) is 19.5 Å². The Bertz CT molecular complexity index is 1040. The zero-order chi connectivity index (χ0) is 19.0. The Labute approximate surface area is 157 Å². The summed E-state index contributed by atoms with van der Waals surface area (Å²) in [4.78, 5) is 21.7. The molecule has 1 aliphatic heterocycles. The van der Waals surface area contributed by atoms with E-state index in [-0.39, 0.29) is 11.7 Å². The highest BCUT2D eigenvalue weighted by atomic mass is 19.1. The highest BCUT2D eigenvalue weighted by Gasteiger charge is 2.18. The maximum Gasteiger partial charge on any atom is 0.252 e. The first-order valence-electron chi connectivity index (χ1n) is 9.05. The fourth-order valence-corrected chi connectivity index (χ4v) is 3.66. The van der Waals surface area contributed by atoms with Crippen LogP contribution in [0.25, 0.3) is 10.9 Å². The number of carbonyl (C=O) groups excluding carboxylic acids is 1. The predicted octanol–water partition coefficient (Wildman–Crippen LogP) is 2.96. The molecule has 0 spiro atoms. The van der Waals surface area contributed by atoms with Crippen LogP contribution in [0.5, 0.6) is 0 Å². The number of halogens is 1. The van der Waals surface area contributed by atoms with Gasteiger partial charge in [-0.05, 0) is 61.7 Å². The first-order chi connectivity index (χ1) is 13.0. The lowest BCUT2D eigenvalue weighted by Crippen LogP contribution is -2.29. The molecule has 3 aromatic rings. The Kier molecular flexibility index (Phi) is 4.58. The zero-order valence-corrected chi connectivity index (χ0v) is 15.4. The van der Waals surface area contributed by atoms with Gasteiger partial charge in [0.25, 0.3) is 5.91 Å². The molecule has 0 saturated carbocycles. The van der Waals surface area contributed by atoms with Crippen molar-refractivity contribution in [3.8, 4) is 0 Å². The van der Waals surface area contributed by atoms with E-state index < -0.39 is 0 Å². The number of amides is 1. The Balaban J connectivity index is 1.64. The topological polar surface area (TPSA) is 66.9 Å². The summed E-state index contributed by atoms with van der Waals surface area (Å²) in [7, 11) is 0. The first-order valence-corrected chi connectivity index (χ1v) is 9.05. The third-order valence-corrected chi connectivity index (χ3v) is 5.04. The molecule has 138 valence electrons. The van der Waals surface area contributed by atoms with Gasteiger partial charge in [0.1, 0.15) is 5.82 Å². The molecule has 6 heteroatoms. The molecule has 0 atom stereocenters. The number of hydrogen-bond donors (Lipinski definition) is 2. The number of hydrogen-bond acceptors (Lipinski definition) is 4. The van der Waals surface area contributed by atoms with Crippen molar-refractivity contribution in [1.29, 1.82) is 0 Å². The van der Waals surface area contributed by atoms with Gasteiger partial charge in [0.15, 0.2) is 0 Å². The number of aryl methyl sites for hydroxylation is 2. The smallest absolute Gasteiger partial charge is 0.252 e. The maximum atomic E-state index is 13.5. The van der Waals surface area contributed by atoms with Gasteiger partial charge < -0.3 is 10.6 Å². The Morgan fingerprint density at radius 2 is 2.15 bits per heavy atom. The van der Waals surface area contributed by atoms with Gasteiger partial charge >= 0.3 is 0 Å². The first kappa shape index (κ1) is 17.5. The van der Waals surface area contributed by atoms with Crippen LogP contribution >= 0.6 is 0 Å². The molecule has 27 heavy (non-hydrogen) atoms. The molecule has 0 saturated heterocycles. The molecule has 0 radical (unpaired) electrons. The van der Waals surface area contributed by atoms with Gasteiger partial charge in [-0.2, -0.15) is 0 Å². The summed E-state index contributed by atoms with van der Waals surface area (Å²) in [5, 5.41) is 7.01. The summed E-state index contributed by atoms with van der Waals surface area (Å²) < 4.78 is 13.5. The van der Waals surface area contributed by atoms with Gasteiger partial charge in [0.2, 0.25) is 0 Å². The molecule has 0 fully saturated rings. The summed E-state index contributed by atoms with van der Waals surface area (Å²) in [5.74, 6) is -0.554. The third kappa shape index (κ3) is 3.40. The summed E-state index contributed by atoms with van der Waals surface area (Å²) in [5.41, 5.74) is 6.17. The molecule has 0 aliphatic carbocycles. The van der Waals surface area contributed by atoms with Crippen molar-refractivity contribution in [3.05, 3.63) is 69.9 Å². The van der Waals surface area contributed by atoms with E-state index in [4.69, 9.17) is 0 Å². The highest BCUT2D eigenvalue weighted by Crippen LogP contribution is 2.22. The molecule has 0 bridgehead atoms. The van der Waals surface area contributed by atoms with Crippen LogP contribution in [0.4, 0.5) is 4.39 Å². The summed E-state index contributed by atoms with van der Waals surface area (Å²) in [6, 6.07) is 6.05. The van der Waals surface area contributed by atoms with E-state index in [0.29, 0.717) is 28.7 Å². The lowest BCUT2D eigenvalue weighted by Gasteiger charge is -2.21. The third-order valence-electron chi connectivity index (χ3n) is 5.04. The number of rotatable bonds is 3. The normalized spacial score (nSPS) is 13.4. The van der Waals surface area contributed by atoms with Crippen LogP contribution in [0.2, 0.25) is 0 Å². The van der Waals surface area contributed by atoms with E-state index in [1.54, 1.807) is 19.1 Å². The second-order valence-electron chi connectivity index (χ2n) is 6.91. The lowest BCUT2D eigenvalue weighted by atomic mass is 9.96. The second kappa shape index (κ2) is 7.04. The van der Waals surface area contributed by atoms with Crippen molar-refractivity contribution >= 4 is 16.8 Å². The van der Waals surface area contributed by atoms with E-state index in [0.717, 1.165) is 30.8 Å². The molecule has 2 N–H and O–H groups in total. The Morgan fingerprint density at radius 3 is 3.00 bits per heavy atom. The fraction of sp³-hybridized carbons (Fsp3) is 0.286. The summed E-state index contributed by atoms with van der Waals surface area (Å²) in [6.07, 6.45) is 2.84. The van der Waals surface area contributed by atoms with Crippen molar-refractivity contribution in [1.82, 2.24) is 20.6 Å². The number of carbonyl (C=O) groups is 1. The summed E-state index contributed by atoms with van der Waals surface area (Å²) in [6.45, 7) is 5.93. The molecule has 3 heterocycles. The Morgan fingerprint density at radius 1 is 1.30 bits per heavy atom. The largest absolute Gasteiger partial charge is 0.348 e. The molecule has 1 amide bonds. The number of fused-ring (bicyclic) bond motifs is 2. The van der Waals surface area contributed by atoms with E-state index in [1.807, 2.05) is 13.1 Å². The number of benzene rings is 1. The van der Waals surface area contributed by atoms with Gasteiger partial charge in [-0.3, -0.25) is 14.8 Å². The number of nitrogens with zero attached hydrogens (tertiary/aromatic N) is 2. The fourth-order valence-electron chi connectivity index (χ4n) is 3.66. The summed E-state index contributed by atoms with van der Waals surface area (Å²) >= 11 is 0. The molecule has 2 aromatic heterocycles. The van der Waals surface area contributed by atoms with Crippen LogP contribution in [0.3, 0.4) is 0 Å². The van der Waals surface area contributed by atoms with Crippen LogP contribution in [0.1, 0.15) is 38.4 Å². The van der Waals surface area contributed by atoms with Crippen molar-refractivity contribution in [2.75, 3.05) is 6.54 Å². The highest BCUT2D eigenvalue weighted by molar-refractivity contribution is 6.06. The molecular weight excluding hydrogens is 343 g/mol. The minimum absolute atomic E-state index is 0.192. The Hall–Kier alpha value is -2.86. The molecule has 1 aromatic carbocycles. The monoisotopic (exact) mass is 364 g/mol. The number of aromatic nitrogens is 2. The van der Waals surface area contributed by atoms with Gasteiger partial charge in [0.05, 0.1) is 11.1 Å². The van der Waals surface area contributed by atoms with Gasteiger partial charge in [-0.1, -0.05) is 0 Å². The quantitative estimate of drug-likeness (QED) is 0.750. The van der Waals surface area contributed by atoms with Gasteiger partial charge in [-0.15, -0.1) is 0 Å². The second-order valence-corrected chi connectivity index (χ2v) is 6.91. The average Bonchev–Trinajstić information content (AvgIpc) is 2.66. The van der Waals surface area contributed by atoms with Crippen molar-refractivity contribution in [3.63, 3.8) is 0 Å². The van der Waals surface area contributed by atoms with E-state index in [1.165, 1.54) is 23.3 Å². The van der Waals surface area contributed by atoms with E-state index in [9.17, 15) is 9.18 Å². The molecule has 0 unspecified atom stereocenters. The molecule has 4 rings (SSSR count). The predicted molar refractivity (Wildman–Crippen MR) is 102 cm³/mol. The van der Waals surface area contributed by atoms with Crippen LogP contribution in [0.15, 0.2) is 30.5 Å². The van der Waals surface area contributed by atoms with Crippen LogP contribution in [0, 0.1) is 19.7 Å². The number of nitrogens with one attached hydrogen (secondary N) is 2. The average molecular weight is 364 g/mol. The maximum absolute atomic E-state index is 13.5. The van der Waals surface area contributed by atoms with Crippen LogP contribution < -0.4 is 10.6 Å². The zero-order valence-electron chi connectivity index (χ0n) is 15.4. The molecule has 5 nitrogen and oxygen atoms in total. The van der Waals surface area contributed by atoms with Crippen molar-refractivity contribution in [2.24, 2.45) is 0 Å². The van der Waals surface area contributed by atoms with Gasteiger partial charge in [0, 0.05) is 42.1 Å². The minimum atomic E-state index is -0.363. The van der Waals surface area contributed by atoms with Crippen LogP contribution in [-0.4, -0.2) is 22.4 Å². The molecular formula is C21H21FN4O. The van der Waals surface area contributed by atoms with E-state index in [2.05, 4.69) is 20.6 Å². The van der Waals surface area contributed by atoms with Crippen molar-refractivity contribution < 1.29 is 9.18 Å².